The molecule has 0 spiro atoms. The molecule has 3 heterocycles. The van der Waals surface area contributed by atoms with Gasteiger partial charge in [-0.2, -0.15) is 0 Å². The van der Waals surface area contributed by atoms with Crippen LogP contribution in [0.25, 0.3) is 0 Å². The van der Waals surface area contributed by atoms with Gasteiger partial charge in [0.15, 0.2) is 28.6 Å². The van der Waals surface area contributed by atoms with E-state index in [2.05, 4.69) is 47.5 Å². The van der Waals surface area contributed by atoms with Gasteiger partial charge in [-0.25, -0.2) is 9.97 Å². The third-order valence-corrected chi connectivity index (χ3v) is 5.27. The molecule has 1 aromatic carbocycles. The maximum Gasteiger partial charge on any atom is 0.197 e. The zero-order valence-corrected chi connectivity index (χ0v) is 17.5. The van der Waals surface area contributed by atoms with Gasteiger partial charge in [0.1, 0.15) is 17.5 Å². The normalized spacial score (nSPS) is 15.9. The summed E-state index contributed by atoms with van der Waals surface area (Å²) in [5.41, 5.74) is -0.128. The van der Waals surface area contributed by atoms with Crippen LogP contribution in [0.3, 0.4) is 0 Å². The molecule has 0 N–H and O–H groups in total. The zero-order chi connectivity index (χ0) is 20.4. The lowest BCUT2D eigenvalue weighted by Gasteiger charge is -2.26. The number of aromatic nitrogens is 5. The fraction of sp³-hybridized carbons (Fsp3) is 0.333. The van der Waals surface area contributed by atoms with Gasteiger partial charge in [-0.3, -0.25) is 4.57 Å². The predicted molar refractivity (Wildman–Crippen MR) is 110 cm³/mol. The second-order valence-corrected chi connectivity index (χ2v) is 8.66. The second-order valence-electron chi connectivity index (χ2n) is 7.67. The molecule has 0 aliphatic carbocycles. The molecule has 0 fully saturated rings. The molecule has 0 bridgehead atoms. The first-order valence-electron chi connectivity index (χ1n) is 9.39. The quantitative estimate of drug-likeness (QED) is 0.461. The fourth-order valence-electron chi connectivity index (χ4n) is 2.92. The maximum atomic E-state index is 6.11. The van der Waals surface area contributed by atoms with Crippen molar-refractivity contribution in [3.05, 3.63) is 60.8 Å². The van der Waals surface area contributed by atoms with E-state index >= 15 is 0 Å². The predicted octanol–water partition coefficient (Wildman–Crippen LogP) is 4.22. The standard InChI is InChI=1S/C21H23N5O2S/c1-5-12-26-18(16-13-27-14-8-6-7-9-15(14)28-16)24-25-20(26)29-17-10-11-22-19(23-17)21(2,3)4/h5-11,16H,1,12-13H2,2-4H3. The van der Waals surface area contributed by atoms with Crippen molar-refractivity contribution >= 4 is 11.8 Å². The topological polar surface area (TPSA) is 75.0 Å². The van der Waals surface area contributed by atoms with Gasteiger partial charge in [0.05, 0.1) is 0 Å². The number of fused-ring (bicyclic) bond motifs is 1. The van der Waals surface area contributed by atoms with Crippen LogP contribution in [0.15, 0.2) is 59.4 Å². The smallest absolute Gasteiger partial charge is 0.197 e. The molecule has 0 radical (unpaired) electrons. The summed E-state index contributed by atoms with van der Waals surface area (Å²) in [6, 6.07) is 9.50. The number of allylic oxidation sites excluding steroid dienone is 1. The molecule has 1 aliphatic heterocycles. The van der Waals surface area contributed by atoms with E-state index in [0.717, 1.165) is 21.8 Å². The average molecular weight is 410 g/mol. The largest absolute Gasteiger partial charge is 0.485 e. The molecule has 0 saturated carbocycles. The molecule has 1 unspecified atom stereocenters. The van der Waals surface area contributed by atoms with E-state index < -0.39 is 0 Å². The van der Waals surface area contributed by atoms with E-state index in [1.54, 1.807) is 6.20 Å². The zero-order valence-electron chi connectivity index (χ0n) is 16.7. The van der Waals surface area contributed by atoms with Crippen LogP contribution in [0.1, 0.15) is 38.5 Å². The first-order chi connectivity index (χ1) is 14.0. The maximum absolute atomic E-state index is 6.11. The molecule has 7 nitrogen and oxygen atoms in total. The molecule has 29 heavy (non-hydrogen) atoms. The van der Waals surface area contributed by atoms with Gasteiger partial charge in [0.25, 0.3) is 0 Å². The summed E-state index contributed by atoms with van der Waals surface area (Å²) in [4.78, 5) is 9.07. The van der Waals surface area contributed by atoms with Crippen LogP contribution in [-0.4, -0.2) is 31.3 Å². The third-order valence-electron chi connectivity index (χ3n) is 4.35. The first kappa shape index (κ1) is 19.4. The highest BCUT2D eigenvalue weighted by atomic mass is 32.2. The molecule has 0 amide bonds. The number of para-hydroxylation sites is 2. The summed E-state index contributed by atoms with van der Waals surface area (Å²) in [6.07, 6.45) is 3.25. The summed E-state index contributed by atoms with van der Waals surface area (Å²) < 4.78 is 13.9. The van der Waals surface area contributed by atoms with Crippen molar-refractivity contribution in [2.24, 2.45) is 0 Å². The second kappa shape index (κ2) is 7.87. The highest BCUT2D eigenvalue weighted by Gasteiger charge is 2.28. The summed E-state index contributed by atoms with van der Waals surface area (Å²) in [5.74, 6) is 2.94. The first-order valence-corrected chi connectivity index (χ1v) is 10.2. The summed E-state index contributed by atoms with van der Waals surface area (Å²) in [7, 11) is 0. The van der Waals surface area contributed by atoms with Crippen LogP contribution in [0, 0.1) is 0 Å². The number of ether oxygens (including phenoxy) is 2. The molecular formula is C21H23N5O2S. The van der Waals surface area contributed by atoms with Crippen LogP contribution >= 0.6 is 11.8 Å². The van der Waals surface area contributed by atoms with Crippen molar-refractivity contribution in [3.8, 4) is 11.5 Å². The van der Waals surface area contributed by atoms with E-state index in [-0.39, 0.29) is 11.5 Å². The van der Waals surface area contributed by atoms with Crippen molar-refractivity contribution in [3.63, 3.8) is 0 Å². The van der Waals surface area contributed by atoms with Crippen molar-refractivity contribution in [2.45, 2.75) is 49.0 Å². The van der Waals surface area contributed by atoms with Crippen LogP contribution in [0.2, 0.25) is 0 Å². The van der Waals surface area contributed by atoms with Gasteiger partial charge in [-0.1, -0.05) is 39.0 Å². The molecule has 4 rings (SSSR count). The Morgan fingerprint density at radius 2 is 2.00 bits per heavy atom. The Bertz CT molecular complexity index is 1030. The van der Waals surface area contributed by atoms with Gasteiger partial charge < -0.3 is 9.47 Å². The Labute approximate surface area is 174 Å². The minimum atomic E-state index is -0.345. The van der Waals surface area contributed by atoms with E-state index in [1.807, 2.05) is 41.0 Å². The number of hydrogen-bond donors (Lipinski definition) is 0. The molecule has 1 aliphatic rings. The van der Waals surface area contributed by atoms with Crippen LogP contribution in [0.5, 0.6) is 11.5 Å². The molecule has 2 aromatic heterocycles. The van der Waals surface area contributed by atoms with Gasteiger partial charge >= 0.3 is 0 Å². The van der Waals surface area contributed by atoms with Crippen molar-refractivity contribution in [1.82, 2.24) is 24.7 Å². The summed E-state index contributed by atoms with van der Waals surface area (Å²) in [6.45, 7) is 11.1. The van der Waals surface area contributed by atoms with Gasteiger partial charge in [0, 0.05) is 18.2 Å². The van der Waals surface area contributed by atoms with Crippen LogP contribution < -0.4 is 9.47 Å². The highest BCUT2D eigenvalue weighted by molar-refractivity contribution is 7.99. The molecule has 8 heteroatoms. The number of rotatable bonds is 5. The van der Waals surface area contributed by atoms with E-state index in [4.69, 9.17) is 9.47 Å². The Morgan fingerprint density at radius 1 is 1.21 bits per heavy atom. The molecule has 3 aromatic rings. The highest BCUT2D eigenvalue weighted by Crippen LogP contribution is 2.36. The minimum absolute atomic E-state index is 0.128. The SMILES string of the molecule is C=CCn1c(Sc2ccnc(C(C)(C)C)n2)nnc1C1COc2ccccc2O1. The third kappa shape index (κ3) is 4.12. The summed E-state index contributed by atoms with van der Waals surface area (Å²) in [5, 5.41) is 10.3. The monoisotopic (exact) mass is 409 g/mol. The van der Waals surface area contributed by atoms with Gasteiger partial charge in [-0.15, -0.1) is 16.8 Å². The Balaban J connectivity index is 1.62. The van der Waals surface area contributed by atoms with E-state index in [1.165, 1.54) is 11.8 Å². The summed E-state index contributed by atoms with van der Waals surface area (Å²) >= 11 is 1.45. The minimum Gasteiger partial charge on any atom is -0.485 e. The molecule has 1 atom stereocenters. The van der Waals surface area contributed by atoms with Crippen molar-refractivity contribution in [2.75, 3.05) is 6.61 Å². The lowest BCUT2D eigenvalue weighted by molar-refractivity contribution is 0.0821. The Morgan fingerprint density at radius 3 is 2.76 bits per heavy atom. The van der Waals surface area contributed by atoms with Crippen molar-refractivity contribution in [1.29, 1.82) is 0 Å². The number of benzene rings is 1. The lowest BCUT2D eigenvalue weighted by atomic mass is 9.96. The lowest BCUT2D eigenvalue weighted by Crippen LogP contribution is -2.25. The van der Waals surface area contributed by atoms with E-state index in [9.17, 15) is 0 Å². The van der Waals surface area contributed by atoms with Gasteiger partial charge in [-0.05, 0) is 30.0 Å². The average Bonchev–Trinajstić information content (AvgIpc) is 3.10. The molecule has 0 saturated heterocycles. The van der Waals surface area contributed by atoms with Gasteiger partial charge in [0.2, 0.25) is 0 Å². The van der Waals surface area contributed by atoms with Crippen molar-refractivity contribution < 1.29 is 9.47 Å². The Hall–Kier alpha value is -2.87. The number of hydrogen-bond acceptors (Lipinski definition) is 7. The van der Waals surface area contributed by atoms with Crippen LogP contribution in [0.4, 0.5) is 0 Å². The fourth-order valence-corrected chi connectivity index (χ4v) is 3.72. The van der Waals surface area contributed by atoms with E-state index in [0.29, 0.717) is 24.7 Å². The molecular weight excluding hydrogens is 386 g/mol. The molecule has 150 valence electrons. The van der Waals surface area contributed by atoms with Crippen LogP contribution in [-0.2, 0) is 12.0 Å². The number of nitrogens with zero attached hydrogens (tertiary/aromatic N) is 5. The Kier molecular flexibility index (Phi) is 5.27.